The van der Waals surface area contributed by atoms with Crippen LogP contribution in [0.4, 0.5) is 5.69 Å². The summed E-state index contributed by atoms with van der Waals surface area (Å²) in [5, 5.41) is 35.0. The lowest BCUT2D eigenvalue weighted by Gasteiger charge is -2.22. The Hall–Kier alpha value is -3.04. The van der Waals surface area contributed by atoms with Crippen molar-refractivity contribution < 1.29 is 15.0 Å². The minimum Gasteiger partial charge on any atom is -0.507 e. The Balaban J connectivity index is 2.27. The second-order valence-corrected chi connectivity index (χ2v) is 5.99. The van der Waals surface area contributed by atoms with Crippen LogP contribution in [0.2, 0.25) is 0 Å². The molecule has 6 nitrogen and oxygen atoms in total. The zero-order valence-electron chi connectivity index (χ0n) is 13.5. The highest BCUT2D eigenvalue weighted by molar-refractivity contribution is 6.11. The van der Waals surface area contributed by atoms with Gasteiger partial charge in [0, 0.05) is 22.7 Å². The number of amides is 1. The Kier molecular flexibility index (Phi) is 5.07. The minimum atomic E-state index is -0.645. The lowest BCUT2D eigenvalue weighted by Crippen LogP contribution is -2.39. The molecule has 0 aliphatic carbocycles. The minimum absolute atomic E-state index is 0.117. The van der Waals surface area contributed by atoms with E-state index >= 15 is 0 Å². The summed E-state index contributed by atoms with van der Waals surface area (Å²) in [7, 11) is 0. The number of carbonyl (C=O) groups is 1. The molecule has 2 aromatic rings. The number of anilines is 1. The van der Waals surface area contributed by atoms with Crippen LogP contribution >= 0.6 is 0 Å². The van der Waals surface area contributed by atoms with Crippen LogP contribution in [0.15, 0.2) is 48.2 Å². The molecule has 2 aromatic carbocycles. The van der Waals surface area contributed by atoms with E-state index in [1.54, 1.807) is 50.2 Å². The van der Waals surface area contributed by atoms with Crippen molar-refractivity contribution >= 4 is 22.4 Å². The molecule has 0 atom stereocenters. The molecule has 0 radical (unpaired) electrons. The third kappa shape index (κ3) is 3.83. The predicted octanol–water partition coefficient (Wildman–Crippen LogP) is 2.25. The monoisotopic (exact) mass is 325 g/mol. The van der Waals surface area contributed by atoms with Gasteiger partial charge in [-0.3, -0.25) is 4.79 Å². The largest absolute Gasteiger partial charge is 0.507 e. The number of phenolic OH excluding ortho intramolecular Hbond substituents is 1. The van der Waals surface area contributed by atoms with Gasteiger partial charge in [-0.15, -0.1) is 0 Å². The first kappa shape index (κ1) is 17.3. The van der Waals surface area contributed by atoms with E-state index in [0.717, 1.165) is 0 Å². The number of carbonyl (C=O) groups excluding carboxylic acids is 1. The fraction of sp³-hybridized carbons (Fsp3) is 0.222. The van der Waals surface area contributed by atoms with Gasteiger partial charge >= 0.3 is 0 Å². The van der Waals surface area contributed by atoms with Crippen LogP contribution in [0.1, 0.15) is 13.8 Å². The zero-order chi connectivity index (χ0) is 17.7. The maximum Gasteiger partial charge on any atom is 0.267 e. The Labute approximate surface area is 140 Å². The summed E-state index contributed by atoms with van der Waals surface area (Å²) in [4.78, 5) is 12.3. The molecule has 0 aliphatic rings. The first-order chi connectivity index (χ1) is 11.4. The van der Waals surface area contributed by atoms with Gasteiger partial charge in [-0.25, -0.2) is 0 Å². The SMILES string of the molecule is CC(C)(CO)N/C=C(/C#N)C(=O)Nc1cccc2c(O)cccc12. The third-order valence-electron chi connectivity index (χ3n) is 3.51. The molecule has 0 aromatic heterocycles. The molecule has 0 bridgehead atoms. The van der Waals surface area contributed by atoms with Crippen molar-refractivity contribution in [2.24, 2.45) is 0 Å². The van der Waals surface area contributed by atoms with Gasteiger partial charge in [0.1, 0.15) is 17.4 Å². The molecule has 0 aliphatic heterocycles. The number of rotatable bonds is 5. The molecular formula is C18H19N3O3. The van der Waals surface area contributed by atoms with E-state index < -0.39 is 11.4 Å². The summed E-state index contributed by atoms with van der Waals surface area (Å²) < 4.78 is 0. The molecule has 2 rings (SSSR count). The standard InChI is InChI=1S/C18H19N3O3/c1-18(2,11-22)20-10-12(9-19)17(24)21-15-7-3-6-14-13(15)5-4-8-16(14)23/h3-8,10,20,22-23H,11H2,1-2H3,(H,21,24)/b12-10-. The number of aliphatic hydroxyl groups excluding tert-OH is 1. The Bertz CT molecular complexity index is 835. The normalized spacial score (nSPS) is 11.8. The number of aliphatic hydroxyl groups is 1. The summed E-state index contributed by atoms with van der Waals surface area (Å²) in [6.07, 6.45) is 1.29. The number of hydrogen-bond acceptors (Lipinski definition) is 5. The van der Waals surface area contributed by atoms with Gasteiger partial charge < -0.3 is 20.8 Å². The van der Waals surface area contributed by atoms with Crippen molar-refractivity contribution in [1.29, 1.82) is 5.26 Å². The number of hydrogen-bond donors (Lipinski definition) is 4. The highest BCUT2D eigenvalue weighted by Crippen LogP contribution is 2.29. The van der Waals surface area contributed by atoms with E-state index in [9.17, 15) is 20.3 Å². The maximum absolute atomic E-state index is 12.3. The number of nitrogens with zero attached hydrogens (tertiary/aromatic N) is 1. The molecule has 0 spiro atoms. The lowest BCUT2D eigenvalue weighted by atomic mass is 10.1. The van der Waals surface area contributed by atoms with Gasteiger partial charge in [0.25, 0.3) is 5.91 Å². The molecule has 4 N–H and O–H groups in total. The topological polar surface area (TPSA) is 105 Å². The van der Waals surface area contributed by atoms with Crippen molar-refractivity contribution in [3.8, 4) is 11.8 Å². The summed E-state index contributed by atoms with van der Waals surface area (Å²) in [5.74, 6) is -0.458. The molecule has 0 saturated heterocycles. The van der Waals surface area contributed by atoms with E-state index in [1.807, 2.05) is 6.07 Å². The number of nitriles is 1. The number of fused-ring (bicyclic) bond motifs is 1. The second kappa shape index (κ2) is 7.02. The van der Waals surface area contributed by atoms with Crippen LogP contribution in [-0.2, 0) is 4.79 Å². The van der Waals surface area contributed by atoms with E-state index in [0.29, 0.717) is 16.5 Å². The van der Waals surface area contributed by atoms with Gasteiger partial charge in [-0.2, -0.15) is 5.26 Å². The second-order valence-electron chi connectivity index (χ2n) is 5.99. The summed E-state index contributed by atoms with van der Waals surface area (Å²) in [6, 6.07) is 12.0. The van der Waals surface area contributed by atoms with Crippen LogP contribution in [0.3, 0.4) is 0 Å². The molecule has 0 fully saturated rings. The molecule has 0 unspecified atom stereocenters. The average molecular weight is 325 g/mol. The van der Waals surface area contributed by atoms with Crippen LogP contribution in [0.5, 0.6) is 5.75 Å². The molecule has 0 saturated carbocycles. The third-order valence-corrected chi connectivity index (χ3v) is 3.51. The smallest absolute Gasteiger partial charge is 0.267 e. The molecule has 6 heteroatoms. The Morgan fingerprint density at radius 1 is 1.25 bits per heavy atom. The van der Waals surface area contributed by atoms with Gasteiger partial charge in [0.2, 0.25) is 0 Å². The van der Waals surface area contributed by atoms with Crippen molar-refractivity contribution in [2.45, 2.75) is 19.4 Å². The van der Waals surface area contributed by atoms with Crippen molar-refractivity contribution in [2.75, 3.05) is 11.9 Å². The number of nitrogens with one attached hydrogen (secondary N) is 2. The molecule has 1 amide bonds. The fourth-order valence-corrected chi connectivity index (χ4v) is 2.05. The first-order valence-corrected chi connectivity index (χ1v) is 7.39. The lowest BCUT2D eigenvalue weighted by molar-refractivity contribution is -0.112. The van der Waals surface area contributed by atoms with E-state index in [4.69, 9.17) is 0 Å². The van der Waals surface area contributed by atoms with E-state index in [1.165, 1.54) is 6.20 Å². The van der Waals surface area contributed by atoms with E-state index in [2.05, 4.69) is 10.6 Å². The van der Waals surface area contributed by atoms with Crippen molar-refractivity contribution in [1.82, 2.24) is 5.32 Å². The Morgan fingerprint density at radius 3 is 2.58 bits per heavy atom. The predicted molar refractivity (Wildman–Crippen MR) is 92.2 cm³/mol. The Morgan fingerprint density at radius 2 is 1.92 bits per heavy atom. The summed E-state index contributed by atoms with van der Waals surface area (Å²) >= 11 is 0. The number of benzene rings is 2. The van der Waals surface area contributed by atoms with Gasteiger partial charge in [-0.1, -0.05) is 24.3 Å². The molecule has 124 valence electrons. The summed E-state index contributed by atoms with van der Waals surface area (Å²) in [5.41, 5.74) is -0.266. The van der Waals surface area contributed by atoms with Gasteiger partial charge in [-0.05, 0) is 26.0 Å². The average Bonchev–Trinajstić information content (AvgIpc) is 2.56. The van der Waals surface area contributed by atoms with E-state index in [-0.39, 0.29) is 17.9 Å². The highest BCUT2D eigenvalue weighted by Gasteiger charge is 2.16. The highest BCUT2D eigenvalue weighted by atomic mass is 16.3. The summed E-state index contributed by atoms with van der Waals surface area (Å²) in [6.45, 7) is 3.33. The molecular weight excluding hydrogens is 306 g/mol. The maximum atomic E-state index is 12.3. The fourth-order valence-electron chi connectivity index (χ4n) is 2.05. The van der Waals surface area contributed by atoms with Crippen LogP contribution in [0.25, 0.3) is 10.8 Å². The van der Waals surface area contributed by atoms with Crippen LogP contribution in [0, 0.1) is 11.3 Å². The van der Waals surface area contributed by atoms with Crippen molar-refractivity contribution in [3.63, 3.8) is 0 Å². The van der Waals surface area contributed by atoms with Crippen LogP contribution in [-0.4, -0.2) is 28.3 Å². The molecule has 24 heavy (non-hydrogen) atoms. The van der Waals surface area contributed by atoms with Gasteiger partial charge in [0.15, 0.2) is 0 Å². The quantitative estimate of drug-likeness (QED) is 0.498. The van der Waals surface area contributed by atoms with Crippen LogP contribution < -0.4 is 10.6 Å². The number of phenols is 1. The van der Waals surface area contributed by atoms with Crippen molar-refractivity contribution in [3.05, 3.63) is 48.2 Å². The van der Waals surface area contributed by atoms with Gasteiger partial charge in [0.05, 0.1) is 12.1 Å². The number of aromatic hydroxyl groups is 1. The first-order valence-electron chi connectivity index (χ1n) is 7.39. The zero-order valence-corrected chi connectivity index (χ0v) is 13.5. The molecule has 0 heterocycles.